The molecule has 1 fully saturated rings. The van der Waals surface area contributed by atoms with E-state index in [1.165, 1.54) is 6.92 Å². The van der Waals surface area contributed by atoms with E-state index < -0.39 is 29.7 Å². The Labute approximate surface area is 235 Å². The zero-order chi connectivity index (χ0) is 28.6. The van der Waals surface area contributed by atoms with Crippen LogP contribution in [0.4, 0.5) is 4.79 Å². The fraction of sp³-hybridized carbons (Fsp3) is 0.594. The first kappa shape index (κ1) is 33.9. The van der Waals surface area contributed by atoms with Gasteiger partial charge >= 0.3 is 18.0 Å². The summed E-state index contributed by atoms with van der Waals surface area (Å²) in [6, 6.07) is 0. The van der Waals surface area contributed by atoms with Gasteiger partial charge < -0.3 is 19.9 Å². The molecule has 1 amide bonds. The zero-order valence-electron chi connectivity index (χ0n) is 23.9. The van der Waals surface area contributed by atoms with Crippen LogP contribution in [0, 0.1) is 5.41 Å². The van der Waals surface area contributed by atoms with E-state index in [1.54, 1.807) is 0 Å². The highest BCUT2D eigenvalue weighted by Gasteiger charge is 2.35. The zero-order valence-corrected chi connectivity index (χ0v) is 23.9. The Morgan fingerprint density at radius 2 is 1.36 bits per heavy atom. The second-order valence-electron chi connectivity index (χ2n) is 10.0. The number of unbranched alkanes of at least 4 members (excludes halogenated alkanes) is 1. The molecule has 1 aliphatic rings. The number of carboxylic acid groups (broad SMARTS) is 1. The smallest absolute Gasteiger partial charge is 0.410 e. The van der Waals surface area contributed by atoms with Crippen molar-refractivity contribution >= 4 is 18.0 Å². The summed E-state index contributed by atoms with van der Waals surface area (Å²) >= 11 is 0. The van der Waals surface area contributed by atoms with Crippen LogP contribution in [-0.4, -0.2) is 36.0 Å². The molecule has 0 bridgehead atoms. The monoisotopic (exact) mass is 543 g/mol. The molecule has 7 nitrogen and oxygen atoms in total. The highest BCUT2D eigenvalue weighted by atomic mass is 16.7. The Bertz CT molecular complexity index is 849. The predicted octanol–water partition coefficient (Wildman–Crippen LogP) is 7.95. The van der Waals surface area contributed by atoms with Gasteiger partial charge in [-0.1, -0.05) is 86.9 Å². The molecular weight excluding hydrogens is 494 g/mol. The number of aliphatic carboxylic acids is 1. The quantitative estimate of drug-likeness (QED) is 0.0742. The van der Waals surface area contributed by atoms with Crippen molar-refractivity contribution in [1.29, 1.82) is 0 Å². The molecule has 0 aromatic carbocycles. The Balaban J connectivity index is 2.11. The van der Waals surface area contributed by atoms with Crippen LogP contribution in [0.5, 0.6) is 0 Å². The van der Waals surface area contributed by atoms with Crippen LogP contribution >= 0.6 is 0 Å². The van der Waals surface area contributed by atoms with E-state index >= 15 is 0 Å². The molecule has 39 heavy (non-hydrogen) atoms. The Kier molecular flexibility index (Phi) is 19.0. The van der Waals surface area contributed by atoms with Crippen molar-refractivity contribution in [2.75, 3.05) is 6.54 Å². The van der Waals surface area contributed by atoms with E-state index in [1.807, 2.05) is 0 Å². The fourth-order valence-corrected chi connectivity index (χ4v) is 4.49. The number of hydrogen-bond donors (Lipinski definition) is 2. The molecule has 0 heterocycles. The maximum atomic E-state index is 12.1. The molecule has 1 unspecified atom stereocenters. The molecule has 218 valence electrons. The molecule has 1 rings (SSSR count). The van der Waals surface area contributed by atoms with E-state index in [0.29, 0.717) is 6.42 Å². The van der Waals surface area contributed by atoms with Crippen molar-refractivity contribution < 1.29 is 29.0 Å². The fourth-order valence-electron chi connectivity index (χ4n) is 4.49. The molecule has 0 aromatic rings. The Morgan fingerprint density at radius 1 is 0.821 bits per heavy atom. The number of carbonyl (C=O) groups is 3. The molecule has 0 aromatic heterocycles. The van der Waals surface area contributed by atoms with Gasteiger partial charge in [0.15, 0.2) is 0 Å². The van der Waals surface area contributed by atoms with Gasteiger partial charge in [0, 0.05) is 19.9 Å². The number of hydrogen-bond acceptors (Lipinski definition) is 5. The Hall–Kier alpha value is -3.09. The number of carbonyl (C=O) groups excluding carboxylic acids is 2. The highest BCUT2D eigenvalue weighted by Crippen LogP contribution is 2.38. The SMILES string of the molecule is CC/C=C\C/C=C\C/C=C\C/C=C\C/C=C\CCCC(=O)OC(C)OC(=O)NCC1(CC(=O)O)CCCCC1. The first-order valence-electron chi connectivity index (χ1n) is 14.5. The van der Waals surface area contributed by atoms with Crippen LogP contribution < -0.4 is 5.32 Å². The van der Waals surface area contributed by atoms with E-state index in [9.17, 15) is 19.5 Å². The number of esters is 1. The summed E-state index contributed by atoms with van der Waals surface area (Å²) in [5.41, 5.74) is -0.438. The van der Waals surface area contributed by atoms with Gasteiger partial charge in [0.05, 0.1) is 6.42 Å². The number of nitrogens with one attached hydrogen (secondary N) is 1. The van der Waals surface area contributed by atoms with E-state index in [-0.39, 0.29) is 19.4 Å². The maximum Gasteiger partial charge on any atom is 0.410 e. The number of carboxylic acids is 1. The third kappa shape index (κ3) is 18.7. The number of alkyl carbamates (subject to hydrolysis) is 1. The Morgan fingerprint density at radius 3 is 1.90 bits per heavy atom. The summed E-state index contributed by atoms with van der Waals surface area (Å²) in [7, 11) is 0. The van der Waals surface area contributed by atoms with Crippen LogP contribution in [0.15, 0.2) is 60.8 Å². The molecule has 2 N–H and O–H groups in total. The van der Waals surface area contributed by atoms with Gasteiger partial charge in [-0.3, -0.25) is 9.59 Å². The predicted molar refractivity (Wildman–Crippen MR) is 156 cm³/mol. The van der Waals surface area contributed by atoms with Crippen molar-refractivity contribution in [3.05, 3.63) is 60.8 Å². The summed E-state index contributed by atoms with van der Waals surface area (Å²) < 4.78 is 10.3. The first-order chi connectivity index (χ1) is 18.9. The average molecular weight is 544 g/mol. The lowest BCUT2D eigenvalue weighted by Crippen LogP contribution is -2.41. The number of ether oxygens (including phenoxy) is 2. The van der Waals surface area contributed by atoms with Gasteiger partial charge in [0.25, 0.3) is 0 Å². The van der Waals surface area contributed by atoms with E-state index in [4.69, 9.17) is 9.47 Å². The van der Waals surface area contributed by atoms with Gasteiger partial charge in [0.1, 0.15) is 0 Å². The van der Waals surface area contributed by atoms with Gasteiger partial charge in [-0.15, -0.1) is 0 Å². The molecule has 7 heteroatoms. The third-order valence-corrected chi connectivity index (χ3v) is 6.53. The summed E-state index contributed by atoms with van der Waals surface area (Å²) in [5.74, 6) is -1.28. The van der Waals surface area contributed by atoms with Crippen molar-refractivity contribution in [1.82, 2.24) is 5.32 Å². The minimum absolute atomic E-state index is 0.0235. The summed E-state index contributed by atoms with van der Waals surface area (Å²) in [6.45, 7) is 3.87. The largest absolute Gasteiger partial charge is 0.481 e. The number of amides is 1. The lowest BCUT2D eigenvalue weighted by molar-refractivity contribution is -0.165. The van der Waals surface area contributed by atoms with Crippen molar-refractivity contribution in [3.8, 4) is 0 Å². The summed E-state index contributed by atoms with van der Waals surface area (Å²) in [5, 5.41) is 11.9. The molecule has 1 atom stereocenters. The standard InChI is InChI=1S/C32H49NO6/c1-3-4-5-6-7-8-9-10-11-12-13-14-15-16-17-18-20-23-30(36)38-28(2)39-31(37)33-27-32(26-29(34)35)24-21-19-22-25-32/h4-5,7-8,10-11,13-14,16-17,28H,3,6,9,12,15,18-27H2,1-2H3,(H,33,37)(H,34,35)/b5-4-,8-7-,11-10-,14-13-,17-16-. The highest BCUT2D eigenvalue weighted by molar-refractivity contribution is 5.71. The van der Waals surface area contributed by atoms with Crippen molar-refractivity contribution in [2.24, 2.45) is 5.41 Å². The van der Waals surface area contributed by atoms with Crippen molar-refractivity contribution in [3.63, 3.8) is 0 Å². The lowest BCUT2D eigenvalue weighted by atomic mass is 9.72. The van der Waals surface area contributed by atoms with E-state index in [0.717, 1.165) is 70.6 Å². The minimum atomic E-state index is -1.01. The normalized spacial score (nSPS) is 16.5. The molecule has 0 radical (unpaired) electrons. The van der Waals surface area contributed by atoms with Gasteiger partial charge in [-0.25, -0.2) is 4.79 Å². The first-order valence-corrected chi connectivity index (χ1v) is 14.5. The van der Waals surface area contributed by atoms with Crippen LogP contribution in [0.1, 0.15) is 104 Å². The average Bonchev–Trinajstić information content (AvgIpc) is 2.89. The number of rotatable bonds is 19. The molecular formula is C32H49NO6. The van der Waals surface area contributed by atoms with Crippen LogP contribution in [0.2, 0.25) is 0 Å². The van der Waals surface area contributed by atoms with Crippen molar-refractivity contribution in [2.45, 2.75) is 110 Å². The van der Waals surface area contributed by atoms with Gasteiger partial charge in [0.2, 0.25) is 6.29 Å². The summed E-state index contributed by atoms with van der Waals surface area (Å²) in [6.07, 6.45) is 30.8. The van der Waals surface area contributed by atoms with Crippen LogP contribution in [-0.2, 0) is 19.1 Å². The third-order valence-electron chi connectivity index (χ3n) is 6.53. The van der Waals surface area contributed by atoms with Crippen LogP contribution in [0.3, 0.4) is 0 Å². The van der Waals surface area contributed by atoms with E-state index in [2.05, 4.69) is 73.0 Å². The van der Waals surface area contributed by atoms with Gasteiger partial charge in [-0.05, 0) is 63.2 Å². The molecule has 1 saturated carbocycles. The molecule has 0 saturated heterocycles. The second kappa shape index (κ2) is 21.8. The lowest BCUT2D eigenvalue weighted by Gasteiger charge is -2.36. The topological polar surface area (TPSA) is 102 Å². The van der Waals surface area contributed by atoms with Gasteiger partial charge in [-0.2, -0.15) is 0 Å². The summed E-state index contributed by atoms with van der Waals surface area (Å²) in [4.78, 5) is 35.4. The molecule has 0 aliphatic heterocycles. The minimum Gasteiger partial charge on any atom is -0.481 e. The molecule has 1 aliphatic carbocycles. The van der Waals surface area contributed by atoms with Crippen LogP contribution in [0.25, 0.3) is 0 Å². The molecule has 0 spiro atoms. The number of allylic oxidation sites excluding steroid dienone is 10. The maximum absolute atomic E-state index is 12.1. The second-order valence-corrected chi connectivity index (χ2v) is 10.0.